The minimum atomic E-state index is 0.680. The maximum atomic E-state index is 8.89. The van der Waals surface area contributed by atoms with Gasteiger partial charge in [-0.25, -0.2) is 0 Å². The molecule has 0 amide bonds. The van der Waals surface area contributed by atoms with E-state index in [1.807, 2.05) is 45.2 Å². The van der Waals surface area contributed by atoms with Gasteiger partial charge in [-0.3, -0.25) is 0 Å². The smallest absolute Gasteiger partial charge is 0.101 e. The predicted octanol–water partition coefficient (Wildman–Crippen LogP) is 2.37. The zero-order valence-corrected chi connectivity index (χ0v) is 10.4. The second kappa shape index (κ2) is 8.75. The highest BCUT2D eigenvalue weighted by Gasteiger charge is 2.04. The summed E-state index contributed by atoms with van der Waals surface area (Å²) in [6, 6.07) is 9.77. The lowest BCUT2D eigenvalue weighted by molar-refractivity contribution is 0.795. The number of para-hydroxylation sites is 1. The standard InChI is InChI=1S/C11H15N3.C2H6/c1-14(8-4-7-12)11-6-3-2-5-10(11)9-13;1-2/h2-3,5-6H,4,7-8,12H2,1H3;1-2H3. The average Bonchev–Trinajstić information content (AvgIpc) is 2.38. The molecule has 1 rings (SSSR count). The van der Waals surface area contributed by atoms with Crippen LogP contribution in [0, 0.1) is 11.3 Å². The van der Waals surface area contributed by atoms with Crippen molar-refractivity contribution in [2.24, 2.45) is 5.73 Å². The zero-order chi connectivity index (χ0) is 12.4. The first-order valence-electron chi connectivity index (χ1n) is 5.70. The molecule has 3 nitrogen and oxygen atoms in total. The van der Waals surface area contributed by atoms with Crippen molar-refractivity contribution in [2.75, 3.05) is 25.0 Å². The number of nitrogens with zero attached hydrogens (tertiary/aromatic N) is 2. The van der Waals surface area contributed by atoms with Gasteiger partial charge in [-0.1, -0.05) is 26.0 Å². The van der Waals surface area contributed by atoms with E-state index in [-0.39, 0.29) is 0 Å². The van der Waals surface area contributed by atoms with Gasteiger partial charge in [-0.05, 0) is 25.1 Å². The van der Waals surface area contributed by atoms with Crippen molar-refractivity contribution in [3.8, 4) is 6.07 Å². The van der Waals surface area contributed by atoms with Crippen LogP contribution in [0.3, 0.4) is 0 Å². The Hall–Kier alpha value is -1.53. The second-order valence-corrected chi connectivity index (χ2v) is 3.19. The van der Waals surface area contributed by atoms with Crippen LogP contribution in [-0.2, 0) is 0 Å². The summed E-state index contributed by atoms with van der Waals surface area (Å²) in [5.41, 5.74) is 7.12. The summed E-state index contributed by atoms with van der Waals surface area (Å²) >= 11 is 0. The van der Waals surface area contributed by atoms with E-state index < -0.39 is 0 Å². The van der Waals surface area contributed by atoms with Gasteiger partial charge in [0.05, 0.1) is 11.3 Å². The van der Waals surface area contributed by atoms with Gasteiger partial charge in [0.25, 0.3) is 0 Å². The Kier molecular flexibility index (Phi) is 7.92. The van der Waals surface area contributed by atoms with Gasteiger partial charge in [-0.15, -0.1) is 0 Å². The number of hydrogen-bond acceptors (Lipinski definition) is 3. The van der Waals surface area contributed by atoms with Crippen LogP contribution in [0.2, 0.25) is 0 Å². The molecule has 0 fully saturated rings. The fraction of sp³-hybridized carbons (Fsp3) is 0.462. The molecule has 0 spiro atoms. The lowest BCUT2D eigenvalue weighted by Crippen LogP contribution is -2.21. The number of nitriles is 1. The molecular formula is C13H21N3. The van der Waals surface area contributed by atoms with Crippen molar-refractivity contribution < 1.29 is 0 Å². The molecule has 1 aromatic rings. The molecule has 0 aliphatic rings. The van der Waals surface area contributed by atoms with Crippen LogP contribution in [0.5, 0.6) is 0 Å². The Morgan fingerprint density at radius 2 is 1.94 bits per heavy atom. The van der Waals surface area contributed by atoms with Crippen molar-refractivity contribution in [1.82, 2.24) is 0 Å². The average molecular weight is 219 g/mol. The van der Waals surface area contributed by atoms with Crippen LogP contribution in [0.1, 0.15) is 25.8 Å². The van der Waals surface area contributed by atoms with Gasteiger partial charge >= 0.3 is 0 Å². The molecule has 0 heterocycles. The van der Waals surface area contributed by atoms with Gasteiger partial charge in [0, 0.05) is 13.6 Å². The Labute approximate surface area is 98.5 Å². The first-order valence-corrected chi connectivity index (χ1v) is 5.70. The highest BCUT2D eigenvalue weighted by Crippen LogP contribution is 2.17. The van der Waals surface area contributed by atoms with Gasteiger partial charge in [0.2, 0.25) is 0 Å². The lowest BCUT2D eigenvalue weighted by atomic mass is 10.2. The molecule has 2 N–H and O–H groups in total. The van der Waals surface area contributed by atoms with Crippen LogP contribution in [-0.4, -0.2) is 20.1 Å². The SMILES string of the molecule is CC.CN(CCCN)c1ccccc1C#N. The van der Waals surface area contributed by atoms with E-state index in [1.54, 1.807) is 0 Å². The molecule has 3 heteroatoms. The monoisotopic (exact) mass is 219 g/mol. The molecule has 0 bridgehead atoms. The summed E-state index contributed by atoms with van der Waals surface area (Å²) in [5, 5.41) is 8.89. The molecule has 88 valence electrons. The van der Waals surface area contributed by atoms with E-state index in [9.17, 15) is 0 Å². The Balaban J connectivity index is 0.00000106. The second-order valence-electron chi connectivity index (χ2n) is 3.19. The summed E-state index contributed by atoms with van der Waals surface area (Å²) in [6.07, 6.45) is 0.941. The van der Waals surface area contributed by atoms with Crippen LogP contribution in [0.15, 0.2) is 24.3 Å². The summed E-state index contributed by atoms with van der Waals surface area (Å²) in [7, 11) is 1.98. The lowest BCUT2D eigenvalue weighted by Gasteiger charge is -2.19. The summed E-state index contributed by atoms with van der Waals surface area (Å²) in [5.74, 6) is 0. The molecule has 0 unspecified atom stereocenters. The van der Waals surface area contributed by atoms with Gasteiger partial charge in [-0.2, -0.15) is 5.26 Å². The third kappa shape index (κ3) is 4.33. The van der Waals surface area contributed by atoms with Gasteiger partial charge < -0.3 is 10.6 Å². The van der Waals surface area contributed by atoms with Crippen LogP contribution in [0.25, 0.3) is 0 Å². The summed E-state index contributed by atoms with van der Waals surface area (Å²) < 4.78 is 0. The molecule has 0 aromatic heterocycles. The number of anilines is 1. The third-order valence-electron chi connectivity index (χ3n) is 2.13. The van der Waals surface area contributed by atoms with Gasteiger partial charge in [0.1, 0.15) is 6.07 Å². The van der Waals surface area contributed by atoms with E-state index in [0.717, 1.165) is 18.7 Å². The molecule has 0 radical (unpaired) electrons. The van der Waals surface area contributed by atoms with Crippen molar-refractivity contribution in [3.63, 3.8) is 0 Å². The Morgan fingerprint density at radius 1 is 1.31 bits per heavy atom. The van der Waals surface area contributed by atoms with E-state index in [1.165, 1.54) is 0 Å². The molecule has 0 aliphatic carbocycles. The molecule has 0 atom stereocenters. The number of benzene rings is 1. The highest BCUT2D eigenvalue weighted by atomic mass is 15.1. The van der Waals surface area contributed by atoms with Crippen molar-refractivity contribution in [3.05, 3.63) is 29.8 Å². The minimum Gasteiger partial charge on any atom is -0.373 e. The topological polar surface area (TPSA) is 53.0 Å². The Bertz CT molecular complexity index is 328. The van der Waals surface area contributed by atoms with Crippen LogP contribution < -0.4 is 10.6 Å². The van der Waals surface area contributed by atoms with E-state index in [2.05, 4.69) is 11.0 Å². The normalized spacial score (nSPS) is 8.69. The molecular weight excluding hydrogens is 198 g/mol. The Morgan fingerprint density at radius 3 is 2.50 bits per heavy atom. The van der Waals surface area contributed by atoms with Gasteiger partial charge in [0.15, 0.2) is 0 Å². The van der Waals surface area contributed by atoms with Crippen LogP contribution >= 0.6 is 0 Å². The third-order valence-corrected chi connectivity index (χ3v) is 2.13. The number of rotatable bonds is 4. The first-order chi connectivity index (χ1) is 7.79. The van der Waals surface area contributed by atoms with Crippen LogP contribution in [0.4, 0.5) is 5.69 Å². The fourth-order valence-electron chi connectivity index (χ4n) is 1.35. The van der Waals surface area contributed by atoms with E-state index >= 15 is 0 Å². The zero-order valence-electron chi connectivity index (χ0n) is 10.4. The number of hydrogen-bond donors (Lipinski definition) is 1. The van der Waals surface area contributed by atoms with Crippen molar-refractivity contribution in [1.29, 1.82) is 5.26 Å². The maximum Gasteiger partial charge on any atom is 0.101 e. The maximum absolute atomic E-state index is 8.89. The minimum absolute atomic E-state index is 0.680. The highest BCUT2D eigenvalue weighted by molar-refractivity contribution is 5.58. The molecule has 0 saturated carbocycles. The van der Waals surface area contributed by atoms with Crippen molar-refractivity contribution >= 4 is 5.69 Å². The molecule has 16 heavy (non-hydrogen) atoms. The summed E-state index contributed by atoms with van der Waals surface area (Å²) in [6.45, 7) is 5.56. The molecule has 0 saturated heterocycles. The predicted molar refractivity (Wildman–Crippen MR) is 69.4 cm³/mol. The number of nitrogens with two attached hydrogens (primary N) is 1. The first kappa shape index (κ1) is 14.5. The van der Waals surface area contributed by atoms with E-state index in [0.29, 0.717) is 12.1 Å². The summed E-state index contributed by atoms with van der Waals surface area (Å²) in [4.78, 5) is 2.06. The molecule has 1 aromatic carbocycles. The van der Waals surface area contributed by atoms with Crippen molar-refractivity contribution in [2.45, 2.75) is 20.3 Å². The molecule has 0 aliphatic heterocycles. The fourth-order valence-corrected chi connectivity index (χ4v) is 1.35. The quantitative estimate of drug-likeness (QED) is 0.845. The largest absolute Gasteiger partial charge is 0.373 e. The van der Waals surface area contributed by atoms with E-state index in [4.69, 9.17) is 11.0 Å².